The van der Waals surface area contributed by atoms with E-state index in [1.54, 1.807) is 24.1 Å². The Morgan fingerprint density at radius 1 is 1.38 bits per heavy atom. The van der Waals surface area contributed by atoms with Gasteiger partial charge in [0.15, 0.2) is 9.84 Å². The molecule has 0 radical (unpaired) electrons. The molecule has 0 aliphatic carbocycles. The molecule has 1 unspecified atom stereocenters. The van der Waals surface area contributed by atoms with E-state index < -0.39 is 19.9 Å². The molecule has 3 N–H and O–H groups in total. The molecule has 1 atom stereocenters. The second-order valence-electron chi connectivity index (χ2n) is 5.10. The third kappa shape index (κ3) is 3.30. The minimum absolute atomic E-state index is 0.0346. The quantitative estimate of drug-likeness (QED) is 0.739. The minimum atomic E-state index is -3.68. The summed E-state index contributed by atoms with van der Waals surface area (Å²) in [7, 11) is -3.70. The second kappa shape index (κ2) is 5.47. The highest BCUT2D eigenvalue weighted by Gasteiger charge is 2.32. The summed E-state index contributed by atoms with van der Waals surface area (Å²) in [6.45, 7) is 0. The number of nitrogens with one attached hydrogen (secondary N) is 1. The summed E-state index contributed by atoms with van der Waals surface area (Å²) < 4.78 is 49.7. The van der Waals surface area contributed by atoms with Crippen LogP contribution in [-0.4, -0.2) is 48.5 Å². The lowest BCUT2D eigenvalue weighted by atomic mass is 10.2. The summed E-state index contributed by atoms with van der Waals surface area (Å²) in [5.74, 6) is 0.165. The number of hydrogen-bond donors (Lipinski definition) is 2. The van der Waals surface area contributed by atoms with E-state index in [2.05, 4.69) is 4.72 Å². The van der Waals surface area contributed by atoms with Crippen molar-refractivity contribution in [1.29, 1.82) is 0 Å². The van der Waals surface area contributed by atoms with Gasteiger partial charge in [0.2, 0.25) is 10.0 Å². The molecule has 0 saturated carbocycles. The van der Waals surface area contributed by atoms with Crippen LogP contribution in [0.3, 0.4) is 0 Å². The molecule has 1 aromatic carbocycles. The summed E-state index contributed by atoms with van der Waals surface area (Å²) in [5.41, 5.74) is 6.45. The van der Waals surface area contributed by atoms with E-state index >= 15 is 0 Å². The number of sulfonamides is 1. The first-order chi connectivity index (χ1) is 9.66. The van der Waals surface area contributed by atoms with Gasteiger partial charge in [-0.1, -0.05) is 0 Å². The predicted molar refractivity (Wildman–Crippen MR) is 82.6 cm³/mol. The zero-order chi connectivity index (χ0) is 15.8. The molecule has 0 spiro atoms. The largest absolute Gasteiger partial charge is 0.399 e. The van der Waals surface area contributed by atoms with Gasteiger partial charge in [-0.25, -0.2) is 21.6 Å². The Hall–Kier alpha value is -1.32. The maximum absolute atomic E-state index is 12.1. The van der Waals surface area contributed by atoms with E-state index in [9.17, 15) is 16.8 Å². The molecular weight excluding hydrogens is 314 g/mol. The summed E-state index contributed by atoms with van der Waals surface area (Å²) in [5, 5.41) is 0. The van der Waals surface area contributed by atoms with Gasteiger partial charge >= 0.3 is 0 Å². The zero-order valence-corrected chi connectivity index (χ0v) is 13.5. The highest BCUT2D eigenvalue weighted by Crippen LogP contribution is 2.30. The van der Waals surface area contributed by atoms with Gasteiger partial charge in [-0.15, -0.1) is 0 Å². The van der Waals surface area contributed by atoms with Crippen molar-refractivity contribution in [3.8, 4) is 0 Å². The van der Waals surface area contributed by atoms with E-state index in [1.165, 1.54) is 13.1 Å². The number of anilines is 2. The number of benzene rings is 1. The number of nitrogens with two attached hydrogens (primary N) is 1. The van der Waals surface area contributed by atoms with E-state index in [4.69, 9.17) is 5.73 Å². The van der Waals surface area contributed by atoms with Crippen molar-refractivity contribution in [2.24, 2.45) is 0 Å². The number of rotatable bonds is 4. The Kier molecular flexibility index (Phi) is 4.18. The van der Waals surface area contributed by atoms with Crippen molar-refractivity contribution in [2.75, 3.05) is 36.2 Å². The van der Waals surface area contributed by atoms with E-state index in [1.807, 2.05) is 0 Å². The van der Waals surface area contributed by atoms with Gasteiger partial charge in [0, 0.05) is 18.8 Å². The molecule has 118 valence electrons. The number of nitrogens with zero attached hydrogens (tertiary/aromatic N) is 1. The average Bonchev–Trinajstić information content (AvgIpc) is 2.78. The van der Waals surface area contributed by atoms with Crippen LogP contribution in [0.2, 0.25) is 0 Å². The van der Waals surface area contributed by atoms with Crippen molar-refractivity contribution in [2.45, 2.75) is 17.4 Å². The van der Waals surface area contributed by atoms with Crippen LogP contribution >= 0.6 is 0 Å². The zero-order valence-electron chi connectivity index (χ0n) is 11.9. The van der Waals surface area contributed by atoms with Gasteiger partial charge in [-0.3, -0.25) is 0 Å². The molecule has 0 bridgehead atoms. The normalized spacial score (nSPS) is 21.3. The fourth-order valence-corrected chi connectivity index (χ4v) is 5.20. The molecule has 2 rings (SSSR count). The standard InChI is InChI=1S/C12H19N3O4S2/c1-14-21(18,19)12-7-9(13)3-4-11(12)15(2)10-5-6-20(16,17)8-10/h3-4,7,10,14H,5-6,8,13H2,1-2H3. The molecule has 9 heteroatoms. The Bertz CT molecular complexity index is 744. The van der Waals surface area contributed by atoms with Crippen molar-refractivity contribution in [3.63, 3.8) is 0 Å². The van der Waals surface area contributed by atoms with Gasteiger partial charge in [0.05, 0.1) is 17.2 Å². The summed E-state index contributed by atoms with van der Waals surface area (Å²) in [6.07, 6.45) is 0.488. The number of sulfone groups is 1. The Balaban J connectivity index is 2.45. The minimum Gasteiger partial charge on any atom is -0.399 e. The van der Waals surface area contributed by atoms with Gasteiger partial charge in [-0.05, 0) is 31.7 Å². The molecule has 1 fully saturated rings. The lowest BCUT2D eigenvalue weighted by Gasteiger charge is -2.27. The summed E-state index contributed by atoms with van der Waals surface area (Å²) in [6, 6.07) is 4.35. The molecule has 1 aromatic rings. The Morgan fingerprint density at radius 2 is 2.05 bits per heavy atom. The monoisotopic (exact) mass is 333 g/mol. The van der Waals surface area contributed by atoms with Crippen LogP contribution < -0.4 is 15.4 Å². The highest BCUT2D eigenvalue weighted by atomic mass is 32.2. The van der Waals surface area contributed by atoms with Gasteiger partial charge in [-0.2, -0.15) is 0 Å². The molecule has 0 amide bonds. The smallest absolute Gasteiger partial charge is 0.242 e. The van der Waals surface area contributed by atoms with Gasteiger partial charge < -0.3 is 10.6 Å². The van der Waals surface area contributed by atoms with Crippen LogP contribution in [0.15, 0.2) is 23.1 Å². The molecule has 21 heavy (non-hydrogen) atoms. The molecule has 1 aliphatic heterocycles. The molecule has 7 nitrogen and oxygen atoms in total. The first-order valence-corrected chi connectivity index (χ1v) is 9.73. The van der Waals surface area contributed by atoms with Crippen LogP contribution in [0.5, 0.6) is 0 Å². The van der Waals surface area contributed by atoms with Crippen LogP contribution in [0.1, 0.15) is 6.42 Å². The Morgan fingerprint density at radius 3 is 2.57 bits per heavy atom. The van der Waals surface area contributed by atoms with E-state index in [-0.39, 0.29) is 22.4 Å². The fraction of sp³-hybridized carbons (Fsp3) is 0.500. The van der Waals surface area contributed by atoms with E-state index in [0.717, 1.165) is 0 Å². The van der Waals surface area contributed by atoms with Crippen LogP contribution in [0.4, 0.5) is 11.4 Å². The fourth-order valence-electron chi connectivity index (χ4n) is 2.42. The molecule has 1 heterocycles. The third-order valence-corrected chi connectivity index (χ3v) is 6.87. The molecular formula is C12H19N3O4S2. The highest BCUT2D eigenvalue weighted by molar-refractivity contribution is 7.91. The van der Waals surface area contributed by atoms with Crippen molar-refractivity contribution < 1.29 is 16.8 Å². The summed E-state index contributed by atoms with van der Waals surface area (Å²) >= 11 is 0. The first kappa shape index (κ1) is 16.1. The Labute approximate surface area is 125 Å². The topological polar surface area (TPSA) is 110 Å². The first-order valence-electron chi connectivity index (χ1n) is 6.42. The van der Waals surface area contributed by atoms with Crippen LogP contribution in [-0.2, 0) is 19.9 Å². The van der Waals surface area contributed by atoms with Crippen LogP contribution in [0, 0.1) is 0 Å². The third-order valence-electron chi connectivity index (χ3n) is 3.68. The molecule has 1 saturated heterocycles. The van der Waals surface area contributed by atoms with Gasteiger partial charge in [0.1, 0.15) is 4.90 Å². The summed E-state index contributed by atoms with van der Waals surface area (Å²) in [4.78, 5) is 1.76. The lowest BCUT2D eigenvalue weighted by molar-refractivity contribution is 0.587. The van der Waals surface area contributed by atoms with Crippen molar-refractivity contribution in [3.05, 3.63) is 18.2 Å². The second-order valence-corrected chi connectivity index (χ2v) is 9.19. The van der Waals surface area contributed by atoms with Gasteiger partial charge in [0.25, 0.3) is 0 Å². The van der Waals surface area contributed by atoms with Crippen molar-refractivity contribution >= 4 is 31.2 Å². The van der Waals surface area contributed by atoms with Crippen molar-refractivity contribution in [1.82, 2.24) is 4.72 Å². The SMILES string of the molecule is CNS(=O)(=O)c1cc(N)ccc1N(C)C1CCS(=O)(=O)C1. The van der Waals surface area contributed by atoms with Crippen LogP contribution in [0.25, 0.3) is 0 Å². The maximum Gasteiger partial charge on any atom is 0.242 e. The number of nitrogen functional groups attached to an aromatic ring is 1. The molecule has 0 aromatic heterocycles. The molecule has 1 aliphatic rings. The lowest BCUT2D eigenvalue weighted by Crippen LogP contribution is -2.34. The predicted octanol–water partition coefficient (Wildman–Crippen LogP) is -0.200. The van der Waals surface area contributed by atoms with E-state index in [0.29, 0.717) is 17.8 Å². The average molecular weight is 333 g/mol. The maximum atomic E-state index is 12.1. The number of hydrogen-bond acceptors (Lipinski definition) is 6.